The van der Waals surface area contributed by atoms with Gasteiger partial charge in [-0.15, -0.1) is 5.10 Å². The lowest BCUT2D eigenvalue weighted by molar-refractivity contribution is -0.151. The summed E-state index contributed by atoms with van der Waals surface area (Å²) in [5.41, 5.74) is 0.298. The number of fused-ring (bicyclic) bond motifs is 1. The predicted octanol–water partition coefficient (Wildman–Crippen LogP) is 0.688. The van der Waals surface area contributed by atoms with Crippen molar-refractivity contribution < 1.29 is 14.3 Å². The third-order valence-corrected chi connectivity index (χ3v) is 4.42. The molecular formula is C17H22N4O4. The second-order valence-electron chi connectivity index (χ2n) is 6.12. The normalized spacial score (nSPS) is 17.6. The zero-order valence-electron chi connectivity index (χ0n) is 14.3. The minimum Gasteiger partial charge on any atom is -0.466 e. The molecular weight excluding hydrogens is 324 g/mol. The van der Waals surface area contributed by atoms with Crippen molar-refractivity contribution in [3.63, 3.8) is 0 Å². The summed E-state index contributed by atoms with van der Waals surface area (Å²) in [6, 6.07) is 5.31. The number of hydrogen-bond acceptors (Lipinski definition) is 5. The van der Waals surface area contributed by atoms with E-state index in [4.69, 9.17) is 4.74 Å². The Labute approximate surface area is 145 Å². The fourth-order valence-corrected chi connectivity index (χ4v) is 3.13. The van der Waals surface area contributed by atoms with E-state index in [2.05, 4.69) is 5.10 Å². The number of nitrogens with zero attached hydrogens (tertiary/aromatic N) is 4. The number of piperidine rings is 1. The maximum atomic E-state index is 12.4. The third kappa shape index (κ3) is 3.72. The number of rotatable bonds is 5. The molecule has 0 unspecified atom stereocenters. The van der Waals surface area contributed by atoms with E-state index in [0.29, 0.717) is 25.3 Å². The summed E-state index contributed by atoms with van der Waals surface area (Å²) in [6.07, 6.45) is 3.36. The summed E-state index contributed by atoms with van der Waals surface area (Å²) >= 11 is 0. The van der Waals surface area contributed by atoms with Gasteiger partial charge in [-0.2, -0.15) is 0 Å². The smallest absolute Gasteiger partial charge is 0.350 e. The largest absolute Gasteiger partial charge is 0.466 e. The third-order valence-electron chi connectivity index (χ3n) is 4.42. The molecule has 0 N–H and O–H groups in total. The van der Waals surface area contributed by atoms with E-state index in [1.807, 2.05) is 0 Å². The Bertz CT molecular complexity index is 825. The lowest BCUT2D eigenvalue weighted by atomic mass is 9.98. The van der Waals surface area contributed by atoms with Crippen LogP contribution in [0.3, 0.4) is 0 Å². The molecule has 8 heteroatoms. The highest BCUT2D eigenvalue weighted by molar-refractivity contribution is 5.78. The molecule has 134 valence electrons. The van der Waals surface area contributed by atoms with E-state index in [9.17, 15) is 14.4 Å². The molecule has 1 saturated heterocycles. The molecule has 8 nitrogen and oxygen atoms in total. The summed E-state index contributed by atoms with van der Waals surface area (Å²) in [5.74, 6) is -0.565. The molecule has 0 aromatic carbocycles. The minimum absolute atomic E-state index is 0.0713. The van der Waals surface area contributed by atoms with Gasteiger partial charge in [-0.05, 0) is 31.9 Å². The number of likely N-dealkylation sites (tertiary alicyclic amines) is 1. The van der Waals surface area contributed by atoms with Crippen LogP contribution >= 0.6 is 0 Å². The molecule has 1 atom stereocenters. The van der Waals surface area contributed by atoms with Crippen molar-refractivity contribution in [1.82, 2.24) is 19.1 Å². The number of pyridine rings is 1. The van der Waals surface area contributed by atoms with E-state index in [-0.39, 0.29) is 36.4 Å². The topological polar surface area (TPSA) is 85.9 Å². The number of carbonyl (C=O) groups excluding carboxylic acids is 2. The van der Waals surface area contributed by atoms with Crippen LogP contribution in [0.1, 0.15) is 26.2 Å². The highest BCUT2D eigenvalue weighted by atomic mass is 16.5. The first-order valence-corrected chi connectivity index (χ1v) is 8.58. The molecule has 1 amide bonds. The molecule has 2 aromatic rings. The van der Waals surface area contributed by atoms with Crippen molar-refractivity contribution in [2.24, 2.45) is 5.92 Å². The Morgan fingerprint density at radius 1 is 1.36 bits per heavy atom. The average molecular weight is 346 g/mol. The minimum atomic E-state index is -0.258. The van der Waals surface area contributed by atoms with Gasteiger partial charge in [-0.1, -0.05) is 6.07 Å². The van der Waals surface area contributed by atoms with Gasteiger partial charge in [-0.25, -0.2) is 9.48 Å². The van der Waals surface area contributed by atoms with Crippen LogP contribution in [-0.2, 0) is 20.9 Å². The van der Waals surface area contributed by atoms with Gasteiger partial charge in [0.05, 0.1) is 19.1 Å². The summed E-state index contributed by atoms with van der Waals surface area (Å²) in [6.45, 7) is 3.36. The van der Waals surface area contributed by atoms with Crippen LogP contribution in [0.5, 0.6) is 0 Å². The number of carbonyl (C=O) groups is 2. The quantitative estimate of drug-likeness (QED) is 0.744. The Balaban J connectivity index is 1.61. The van der Waals surface area contributed by atoms with Crippen molar-refractivity contribution in [3.05, 3.63) is 34.9 Å². The number of ether oxygens (including phenoxy) is 1. The first-order chi connectivity index (χ1) is 12.1. The fourth-order valence-electron chi connectivity index (χ4n) is 3.13. The van der Waals surface area contributed by atoms with Crippen LogP contribution in [0.2, 0.25) is 0 Å². The van der Waals surface area contributed by atoms with E-state index >= 15 is 0 Å². The summed E-state index contributed by atoms with van der Waals surface area (Å²) in [4.78, 5) is 38.2. The van der Waals surface area contributed by atoms with E-state index < -0.39 is 0 Å². The first-order valence-electron chi connectivity index (χ1n) is 8.58. The van der Waals surface area contributed by atoms with Crippen LogP contribution < -0.4 is 5.69 Å². The van der Waals surface area contributed by atoms with Gasteiger partial charge in [0.15, 0.2) is 5.65 Å². The molecule has 0 radical (unpaired) electrons. The van der Waals surface area contributed by atoms with Crippen LogP contribution in [-0.4, -0.2) is 50.7 Å². The number of hydrogen-bond donors (Lipinski definition) is 0. The number of amides is 1. The summed E-state index contributed by atoms with van der Waals surface area (Å²) < 4.78 is 7.81. The van der Waals surface area contributed by atoms with Crippen LogP contribution in [0.15, 0.2) is 29.2 Å². The predicted molar refractivity (Wildman–Crippen MR) is 90.0 cm³/mol. The Morgan fingerprint density at radius 2 is 2.20 bits per heavy atom. The Kier molecular flexibility index (Phi) is 5.16. The zero-order chi connectivity index (χ0) is 17.8. The highest BCUT2D eigenvalue weighted by Crippen LogP contribution is 2.18. The first kappa shape index (κ1) is 17.2. The van der Waals surface area contributed by atoms with E-state index in [1.54, 1.807) is 36.2 Å². The molecule has 0 bridgehead atoms. The lowest BCUT2D eigenvalue weighted by Crippen LogP contribution is -2.43. The SMILES string of the molecule is CCOC(=O)[C@H]1CCCN(C(=O)CCn2nc3ccccn3c2=O)C1. The van der Waals surface area contributed by atoms with Crippen LogP contribution in [0, 0.1) is 5.92 Å². The van der Waals surface area contributed by atoms with Gasteiger partial charge in [0, 0.05) is 25.7 Å². The van der Waals surface area contributed by atoms with Crippen molar-refractivity contribution >= 4 is 17.5 Å². The zero-order valence-corrected chi connectivity index (χ0v) is 14.3. The highest BCUT2D eigenvalue weighted by Gasteiger charge is 2.29. The van der Waals surface area contributed by atoms with Gasteiger partial charge in [0.25, 0.3) is 0 Å². The molecule has 0 saturated carbocycles. The monoisotopic (exact) mass is 346 g/mol. The Morgan fingerprint density at radius 3 is 2.96 bits per heavy atom. The average Bonchev–Trinajstić information content (AvgIpc) is 2.96. The van der Waals surface area contributed by atoms with Crippen LogP contribution in [0.4, 0.5) is 0 Å². The molecule has 0 spiro atoms. The van der Waals surface area contributed by atoms with E-state index in [1.165, 1.54) is 9.08 Å². The van der Waals surface area contributed by atoms with Gasteiger partial charge in [-0.3, -0.25) is 14.0 Å². The van der Waals surface area contributed by atoms with Gasteiger partial charge < -0.3 is 9.64 Å². The number of aromatic nitrogens is 3. The molecule has 2 aromatic heterocycles. The molecule has 0 aliphatic carbocycles. The second kappa shape index (κ2) is 7.50. The second-order valence-corrected chi connectivity index (χ2v) is 6.12. The van der Waals surface area contributed by atoms with Crippen LogP contribution in [0.25, 0.3) is 5.65 Å². The van der Waals surface area contributed by atoms with Crippen molar-refractivity contribution in [2.45, 2.75) is 32.7 Å². The van der Waals surface area contributed by atoms with Crippen molar-refractivity contribution in [3.8, 4) is 0 Å². The van der Waals surface area contributed by atoms with Gasteiger partial charge in [0.1, 0.15) is 0 Å². The van der Waals surface area contributed by atoms with Gasteiger partial charge in [0.2, 0.25) is 5.91 Å². The lowest BCUT2D eigenvalue weighted by Gasteiger charge is -2.31. The molecule has 3 rings (SSSR count). The van der Waals surface area contributed by atoms with E-state index in [0.717, 1.165) is 12.8 Å². The number of esters is 1. The van der Waals surface area contributed by atoms with Gasteiger partial charge >= 0.3 is 11.7 Å². The maximum absolute atomic E-state index is 12.4. The molecule has 3 heterocycles. The summed E-state index contributed by atoms with van der Waals surface area (Å²) in [5, 5.41) is 4.22. The fraction of sp³-hybridized carbons (Fsp3) is 0.529. The maximum Gasteiger partial charge on any atom is 0.350 e. The standard InChI is InChI=1S/C17H22N4O4/c1-2-25-16(23)13-6-5-9-19(12-13)15(22)8-11-21-17(24)20-10-4-3-7-14(20)18-21/h3-4,7,10,13H,2,5-6,8-9,11-12H2,1H3/t13-/m0/s1. The molecule has 1 fully saturated rings. The molecule has 25 heavy (non-hydrogen) atoms. The van der Waals surface area contributed by atoms with Crippen molar-refractivity contribution in [2.75, 3.05) is 19.7 Å². The Hall–Kier alpha value is -2.64. The van der Waals surface area contributed by atoms with Crippen molar-refractivity contribution in [1.29, 1.82) is 0 Å². The summed E-state index contributed by atoms with van der Waals surface area (Å²) in [7, 11) is 0. The number of aryl methyl sites for hydroxylation is 1. The molecule has 1 aliphatic heterocycles. The molecule has 1 aliphatic rings.